The number of benzene rings is 3. The van der Waals surface area contributed by atoms with Crippen molar-refractivity contribution in [2.45, 2.75) is 25.3 Å². The van der Waals surface area contributed by atoms with Crippen molar-refractivity contribution in [2.75, 3.05) is 5.01 Å². The summed E-state index contributed by atoms with van der Waals surface area (Å²) in [6.07, 6.45) is 7.27. The standard InChI is InChI=1S/C32H25N3O2S/c36-31-26(19-23-14-7-8-17-27(23)37-31)28-20-33-32(38-28)35-30(22-12-5-2-6-13-22)25-16-9-15-24(29(25)34-35)18-21-10-3-1-4-11-21/h1-8,10-14,17-20,25,30H,9,15-16H2/b24-18-/t25-,30+/m1/s1. The lowest BCUT2D eigenvalue weighted by atomic mass is 9.77. The molecule has 1 saturated carbocycles. The molecule has 2 atom stereocenters. The van der Waals surface area contributed by atoms with Gasteiger partial charge >= 0.3 is 5.63 Å². The Hall–Kier alpha value is -4.29. The van der Waals surface area contributed by atoms with E-state index in [0.717, 1.165) is 40.4 Å². The maximum Gasteiger partial charge on any atom is 0.345 e. The molecule has 6 heteroatoms. The van der Waals surface area contributed by atoms with Crippen LogP contribution in [0.2, 0.25) is 0 Å². The van der Waals surface area contributed by atoms with E-state index in [1.165, 1.54) is 28.0 Å². The van der Waals surface area contributed by atoms with Crippen LogP contribution in [-0.2, 0) is 0 Å². The van der Waals surface area contributed by atoms with Crippen molar-refractivity contribution in [3.8, 4) is 10.4 Å². The smallest absolute Gasteiger partial charge is 0.345 e. The largest absolute Gasteiger partial charge is 0.422 e. The van der Waals surface area contributed by atoms with E-state index in [9.17, 15) is 4.79 Å². The second kappa shape index (κ2) is 9.54. The van der Waals surface area contributed by atoms with Gasteiger partial charge in [-0.3, -0.25) is 0 Å². The first-order chi connectivity index (χ1) is 18.7. The predicted octanol–water partition coefficient (Wildman–Crippen LogP) is 7.72. The van der Waals surface area contributed by atoms with E-state index in [0.29, 0.717) is 11.1 Å². The van der Waals surface area contributed by atoms with Gasteiger partial charge in [-0.2, -0.15) is 5.10 Å². The van der Waals surface area contributed by atoms with Crippen molar-refractivity contribution in [2.24, 2.45) is 11.0 Å². The Kier molecular flexibility index (Phi) is 5.74. The number of hydrazone groups is 1. The molecule has 0 saturated heterocycles. The average molecular weight is 516 g/mol. The van der Waals surface area contributed by atoms with Crippen molar-refractivity contribution in [3.05, 3.63) is 124 Å². The van der Waals surface area contributed by atoms with Crippen molar-refractivity contribution in [3.63, 3.8) is 0 Å². The molecule has 3 aromatic carbocycles. The summed E-state index contributed by atoms with van der Waals surface area (Å²) in [5.41, 5.74) is 5.62. The van der Waals surface area contributed by atoms with Crippen LogP contribution in [0.5, 0.6) is 0 Å². The van der Waals surface area contributed by atoms with Gasteiger partial charge in [0.05, 0.1) is 22.2 Å². The number of anilines is 1. The van der Waals surface area contributed by atoms with E-state index < -0.39 is 0 Å². The minimum Gasteiger partial charge on any atom is -0.422 e. The first-order valence-corrected chi connectivity index (χ1v) is 13.7. The van der Waals surface area contributed by atoms with Gasteiger partial charge in [-0.1, -0.05) is 90.2 Å². The molecule has 1 aliphatic carbocycles. The summed E-state index contributed by atoms with van der Waals surface area (Å²) in [6, 6.07) is 30.6. The van der Waals surface area contributed by atoms with Crippen LogP contribution in [0.4, 0.5) is 5.13 Å². The van der Waals surface area contributed by atoms with E-state index in [1.807, 2.05) is 42.5 Å². The van der Waals surface area contributed by atoms with Crippen LogP contribution in [-0.4, -0.2) is 10.7 Å². The number of allylic oxidation sites excluding steroid dienone is 1. The van der Waals surface area contributed by atoms with E-state index in [4.69, 9.17) is 14.5 Å². The van der Waals surface area contributed by atoms with Gasteiger partial charge in [-0.15, -0.1) is 0 Å². The van der Waals surface area contributed by atoms with Gasteiger partial charge in [-0.25, -0.2) is 14.8 Å². The number of aromatic nitrogens is 1. The van der Waals surface area contributed by atoms with Gasteiger partial charge in [0.2, 0.25) is 5.13 Å². The minimum absolute atomic E-state index is 0.0534. The number of fused-ring (bicyclic) bond motifs is 2. The fraction of sp³-hybridized carbons (Fsp3) is 0.156. The molecule has 5 aromatic rings. The average Bonchev–Trinajstić information content (AvgIpc) is 3.60. The van der Waals surface area contributed by atoms with Gasteiger partial charge in [0, 0.05) is 17.5 Å². The number of rotatable bonds is 4. The molecule has 0 unspecified atom stereocenters. The van der Waals surface area contributed by atoms with Crippen LogP contribution in [0.1, 0.15) is 36.4 Å². The molecule has 2 aromatic heterocycles. The minimum atomic E-state index is -0.354. The summed E-state index contributed by atoms with van der Waals surface area (Å²) in [4.78, 5) is 18.4. The highest BCUT2D eigenvalue weighted by Crippen LogP contribution is 2.47. The summed E-state index contributed by atoms with van der Waals surface area (Å²) < 4.78 is 5.59. The molecular formula is C32H25N3O2S. The predicted molar refractivity (Wildman–Crippen MR) is 154 cm³/mol. The highest BCUT2D eigenvalue weighted by molar-refractivity contribution is 7.18. The van der Waals surface area contributed by atoms with Crippen LogP contribution in [0.15, 0.2) is 117 Å². The third-order valence-electron chi connectivity index (χ3n) is 7.38. The lowest BCUT2D eigenvalue weighted by Crippen LogP contribution is -2.27. The fourth-order valence-corrected chi connectivity index (χ4v) is 6.53. The molecule has 2 aliphatic rings. The SMILES string of the molecule is O=c1oc2ccccc2cc1-c1cnc(N2N=C3/C(=C\c4ccccc4)CCC[C@H]3[C@@H]2c2ccccc2)s1. The van der Waals surface area contributed by atoms with E-state index in [-0.39, 0.29) is 17.6 Å². The zero-order chi connectivity index (χ0) is 25.5. The van der Waals surface area contributed by atoms with Crippen molar-refractivity contribution >= 4 is 39.2 Å². The molecular weight excluding hydrogens is 490 g/mol. The van der Waals surface area contributed by atoms with Gasteiger partial charge in [0.15, 0.2) is 0 Å². The Morgan fingerprint density at radius 3 is 2.55 bits per heavy atom. The Balaban J connectivity index is 1.32. The molecule has 7 rings (SSSR count). The summed E-state index contributed by atoms with van der Waals surface area (Å²) >= 11 is 1.48. The molecule has 1 aliphatic heterocycles. The van der Waals surface area contributed by atoms with Gasteiger partial charge in [0.1, 0.15) is 5.58 Å². The Bertz CT molecular complexity index is 1740. The topological polar surface area (TPSA) is 58.7 Å². The number of para-hydroxylation sites is 1. The third kappa shape index (κ3) is 4.07. The Morgan fingerprint density at radius 1 is 0.947 bits per heavy atom. The van der Waals surface area contributed by atoms with Gasteiger partial charge < -0.3 is 4.42 Å². The number of thiazole rings is 1. The lowest BCUT2D eigenvalue weighted by molar-refractivity contribution is 0.487. The first kappa shape index (κ1) is 22.9. The normalized spacial score (nSPS) is 20.1. The van der Waals surface area contributed by atoms with Crippen molar-refractivity contribution in [1.29, 1.82) is 0 Å². The number of hydrogen-bond acceptors (Lipinski definition) is 6. The molecule has 38 heavy (non-hydrogen) atoms. The monoisotopic (exact) mass is 515 g/mol. The molecule has 0 amide bonds. The molecule has 1 fully saturated rings. The van der Waals surface area contributed by atoms with Crippen LogP contribution in [0, 0.1) is 5.92 Å². The Labute approximate surface area is 224 Å². The van der Waals surface area contributed by atoms with Gasteiger partial charge in [0.25, 0.3) is 0 Å². The maximum absolute atomic E-state index is 12.8. The Morgan fingerprint density at radius 2 is 1.71 bits per heavy atom. The molecule has 0 spiro atoms. The highest BCUT2D eigenvalue weighted by Gasteiger charge is 2.42. The quantitative estimate of drug-likeness (QED) is 0.230. The highest BCUT2D eigenvalue weighted by atomic mass is 32.1. The van der Waals surface area contributed by atoms with Gasteiger partial charge in [-0.05, 0) is 54.2 Å². The molecule has 5 nitrogen and oxygen atoms in total. The van der Waals surface area contributed by atoms with Crippen LogP contribution in [0.3, 0.4) is 0 Å². The molecule has 0 radical (unpaired) electrons. The lowest BCUT2D eigenvalue weighted by Gasteiger charge is -2.29. The third-order valence-corrected chi connectivity index (χ3v) is 8.40. The van der Waals surface area contributed by atoms with E-state index in [1.54, 1.807) is 6.20 Å². The van der Waals surface area contributed by atoms with Crippen LogP contribution in [0.25, 0.3) is 27.5 Å². The molecule has 0 bridgehead atoms. The summed E-state index contributed by atoms with van der Waals surface area (Å²) in [5.74, 6) is 0.277. The molecule has 186 valence electrons. The van der Waals surface area contributed by atoms with Crippen molar-refractivity contribution in [1.82, 2.24) is 4.98 Å². The second-order valence-corrected chi connectivity index (χ2v) is 10.8. The summed E-state index contributed by atoms with van der Waals surface area (Å²) in [7, 11) is 0. The summed E-state index contributed by atoms with van der Waals surface area (Å²) in [6.45, 7) is 0. The zero-order valence-electron chi connectivity index (χ0n) is 20.7. The van der Waals surface area contributed by atoms with E-state index in [2.05, 4.69) is 59.6 Å². The van der Waals surface area contributed by atoms with Crippen LogP contribution >= 0.6 is 11.3 Å². The zero-order valence-corrected chi connectivity index (χ0v) is 21.5. The molecule has 3 heterocycles. The van der Waals surface area contributed by atoms with E-state index >= 15 is 0 Å². The number of hydrogen-bond donors (Lipinski definition) is 0. The number of nitrogens with zero attached hydrogens (tertiary/aromatic N) is 3. The van der Waals surface area contributed by atoms with Crippen molar-refractivity contribution < 1.29 is 4.42 Å². The molecule has 0 N–H and O–H groups in total. The first-order valence-electron chi connectivity index (χ1n) is 12.9. The maximum atomic E-state index is 12.8. The second-order valence-electron chi connectivity index (χ2n) is 9.76. The van der Waals surface area contributed by atoms with Crippen LogP contribution < -0.4 is 10.6 Å². The fourth-order valence-electron chi connectivity index (χ4n) is 5.62. The summed E-state index contributed by atoms with van der Waals surface area (Å²) in [5, 5.41) is 8.97.